The van der Waals surface area contributed by atoms with Gasteiger partial charge in [-0.1, -0.05) is 30.3 Å². The number of hydrogen-bond donors (Lipinski definition) is 0. The van der Waals surface area contributed by atoms with E-state index in [1.165, 1.54) is 0 Å². The average Bonchev–Trinajstić information content (AvgIpc) is 3.53. The van der Waals surface area contributed by atoms with Gasteiger partial charge < -0.3 is 9.80 Å². The van der Waals surface area contributed by atoms with Crippen LogP contribution in [0.4, 0.5) is 11.4 Å². The maximum Gasteiger partial charge on any atom is 0.276 e. The number of amides is 1. The van der Waals surface area contributed by atoms with Gasteiger partial charge in [-0.05, 0) is 58.4 Å². The second kappa shape index (κ2) is 11.6. The molecular formula is C31H34N8O. The Balaban J connectivity index is 1.73. The smallest absolute Gasteiger partial charge is 0.276 e. The summed E-state index contributed by atoms with van der Waals surface area (Å²) in [5, 5.41) is 4.84. The van der Waals surface area contributed by atoms with E-state index in [-0.39, 0.29) is 11.6 Å². The van der Waals surface area contributed by atoms with E-state index in [4.69, 9.17) is 15.1 Å². The highest BCUT2D eigenvalue weighted by molar-refractivity contribution is 6.70. The zero-order valence-corrected chi connectivity index (χ0v) is 23.7. The second-order valence-corrected chi connectivity index (χ2v) is 9.43. The molecule has 40 heavy (non-hydrogen) atoms. The minimum absolute atomic E-state index is 0.182. The van der Waals surface area contributed by atoms with Crippen LogP contribution < -0.4 is 4.90 Å². The summed E-state index contributed by atoms with van der Waals surface area (Å²) in [5.41, 5.74) is 6.53. The Morgan fingerprint density at radius 1 is 0.950 bits per heavy atom. The first-order valence-corrected chi connectivity index (χ1v) is 13.8. The van der Waals surface area contributed by atoms with Crippen LogP contribution in [0.15, 0.2) is 77.2 Å². The van der Waals surface area contributed by atoms with Gasteiger partial charge in [0.1, 0.15) is 22.8 Å². The van der Waals surface area contributed by atoms with Crippen LogP contribution in [0, 0.1) is 6.92 Å². The fourth-order valence-corrected chi connectivity index (χ4v) is 4.94. The molecule has 2 aromatic carbocycles. The molecule has 1 aliphatic rings. The van der Waals surface area contributed by atoms with Gasteiger partial charge in [0, 0.05) is 49.8 Å². The zero-order valence-electron chi connectivity index (χ0n) is 23.7. The molecule has 1 amide bonds. The standard InChI is InChI=1S/C31H34N8O/c1-6-37(7-2)23-15-16-24(21(5)19-23)34-27-28(31(40)38(8-3)9-4)36-39-29(25-20-32-17-18-33-25)26(35-30(27)39)22-13-11-10-12-14-22/h10-20H,6-9H2,1-5H3/b34-27-. The van der Waals surface area contributed by atoms with Crippen molar-refractivity contribution in [1.82, 2.24) is 24.5 Å². The number of rotatable bonds is 9. The fraction of sp³-hybridized carbons (Fsp3) is 0.290. The number of carbonyl (C=O) groups excluding carboxylic acids is 1. The summed E-state index contributed by atoms with van der Waals surface area (Å²) < 4.78 is 1.70. The zero-order chi connectivity index (χ0) is 28.2. The molecule has 0 saturated carbocycles. The van der Waals surface area contributed by atoms with Crippen LogP contribution in [0.25, 0.3) is 22.6 Å². The Morgan fingerprint density at radius 2 is 1.70 bits per heavy atom. The van der Waals surface area contributed by atoms with Crippen molar-refractivity contribution in [1.29, 1.82) is 0 Å². The molecule has 2 aromatic heterocycles. The monoisotopic (exact) mass is 534 g/mol. The SMILES string of the molecule is CCN(CC)C(=O)C1=Nn2c(nc(-c3ccccc3)c2-c2cnccn2)/C1=N\c1ccc(N(CC)CC)cc1C. The first kappa shape index (κ1) is 26.9. The van der Waals surface area contributed by atoms with Crippen molar-refractivity contribution in [3.05, 3.63) is 78.5 Å². The fourth-order valence-electron chi connectivity index (χ4n) is 4.94. The van der Waals surface area contributed by atoms with Crippen LogP contribution in [-0.2, 0) is 4.79 Å². The molecule has 0 saturated heterocycles. The van der Waals surface area contributed by atoms with Crippen molar-refractivity contribution in [3.8, 4) is 22.6 Å². The molecule has 3 heterocycles. The highest BCUT2D eigenvalue weighted by atomic mass is 16.2. The third-order valence-corrected chi connectivity index (χ3v) is 7.14. The van der Waals surface area contributed by atoms with Crippen LogP contribution in [-0.4, -0.2) is 68.0 Å². The third kappa shape index (κ3) is 4.90. The Hall–Kier alpha value is -4.66. The molecule has 1 aliphatic heterocycles. The lowest BCUT2D eigenvalue weighted by atomic mass is 10.1. The molecule has 0 bridgehead atoms. The van der Waals surface area contributed by atoms with Crippen LogP contribution in [0.5, 0.6) is 0 Å². The van der Waals surface area contributed by atoms with Crippen LogP contribution in [0.1, 0.15) is 39.1 Å². The van der Waals surface area contributed by atoms with E-state index in [2.05, 4.69) is 40.8 Å². The molecule has 0 N–H and O–H groups in total. The van der Waals surface area contributed by atoms with Crippen molar-refractivity contribution in [2.45, 2.75) is 34.6 Å². The Bertz CT molecular complexity index is 1570. The molecule has 204 valence electrons. The molecule has 0 spiro atoms. The number of nitrogens with zero attached hydrogens (tertiary/aromatic N) is 8. The number of aryl methyl sites for hydroxylation is 1. The largest absolute Gasteiger partial charge is 0.372 e. The van der Waals surface area contributed by atoms with Gasteiger partial charge in [0.15, 0.2) is 11.5 Å². The van der Waals surface area contributed by atoms with Crippen molar-refractivity contribution in [3.63, 3.8) is 0 Å². The van der Waals surface area contributed by atoms with E-state index >= 15 is 0 Å². The molecule has 0 fully saturated rings. The van der Waals surface area contributed by atoms with Gasteiger partial charge in [-0.15, -0.1) is 0 Å². The van der Waals surface area contributed by atoms with E-state index in [0.717, 1.165) is 35.6 Å². The predicted octanol–water partition coefficient (Wildman–Crippen LogP) is 5.37. The molecule has 0 radical (unpaired) electrons. The summed E-state index contributed by atoms with van der Waals surface area (Å²) in [6, 6.07) is 16.1. The second-order valence-electron chi connectivity index (χ2n) is 9.43. The minimum atomic E-state index is -0.182. The van der Waals surface area contributed by atoms with Crippen molar-refractivity contribution < 1.29 is 4.79 Å². The van der Waals surface area contributed by atoms with E-state index in [0.29, 0.717) is 41.7 Å². The molecular weight excluding hydrogens is 500 g/mol. The summed E-state index contributed by atoms with van der Waals surface area (Å²) in [4.78, 5) is 36.7. The molecule has 9 nitrogen and oxygen atoms in total. The maximum atomic E-state index is 13.7. The third-order valence-electron chi connectivity index (χ3n) is 7.14. The Morgan fingerprint density at radius 3 is 2.33 bits per heavy atom. The average molecular weight is 535 g/mol. The number of aromatic nitrogens is 4. The van der Waals surface area contributed by atoms with Crippen molar-refractivity contribution in [2.24, 2.45) is 10.1 Å². The number of hydrogen-bond acceptors (Lipinski definition) is 7. The molecule has 0 aliphatic carbocycles. The van der Waals surface area contributed by atoms with Gasteiger partial charge in [0.25, 0.3) is 5.91 Å². The summed E-state index contributed by atoms with van der Waals surface area (Å²) in [7, 11) is 0. The lowest BCUT2D eigenvalue weighted by molar-refractivity contribution is -0.123. The van der Waals surface area contributed by atoms with E-state index in [9.17, 15) is 4.79 Å². The highest BCUT2D eigenvalue weighted by Crippen LogP contribution is 2.35. The quantitative estimate of drug-likeness (QED) is 0.288. The van der Waals surface area contributed by atoms with Crippen molar-refractivity contribution in [2.75, 3.05) is 31.1 Å². The number of fused-ring (bicyclic) bond motifs is 1. The van der Waals surface area contributed by atoms with Gasteiger partial charge in [-0.25, -0.2) is 14.7 Å². The Kier molecular flexibility index (Phi) is 7.82. The molecule has 9 heteroatoms. The molecule has 0 atom stereocenters. The molecule has 4 aromatic rings. The molecule has 5 rings (SSSR count). The minimum Gasteiger partial charge on any atom is -0.372 e. The van der Waals surface area contributed by atoms with Crippen molar-refractivity contribution >= 4 is 28.7 Å². The van der Waals surface area contributed by atoms with E-state index < -0.39 is 0 Å². The summed E-state index contributed by atoms with van der Waals surface area (Å²) in [6.07, 6.45) is 4.95. The van der Waals surface area contributed by atoms with Gasteiger partial charge >= 0.3 is 0 Å². The van der Waals surface area contributed by atoms with E-state index in [1.54, 1.807) is 28.2 Å². The number of benzene rings is 2. The van der Waals surface area contributed by atoms with Gasteiger partial charge in [0.2, 0.25) is 0 Å². The summed E-state index contributed by atoms with van der Waals surface area (Å²) in [5.74, 6) is 0.320. The maximum absolute atomic E-state index is 13.7. The van der Waals surface area contributed by atoms with Crippen LogP contribution in [0.3, 0.4) is 0 Å². The van der Waals surface area contributed by atoms with E-state index in [1.807, 2.05) is 57.2 Å². The van der Waals surface area contributed by atoms with Crippen LogP contribution in [0.2, 0.25) is 0 Å². The lowest BCUT2D eigenvalue weighted by Crippen LogP contribution is -2.39. The molecule has 0 unspecified atom stereocenters. The summed E-state index contributed by atoms with van der Waals surface area (Å²) in [6.45, 7) is 13.2. The normalized spacial score (nSPS) is 13.3. The van der Waals surface area contributed by atoms with Gasteiger partial charge in [-0.2, -0.15) is 5.10 Å². The van der Waals surface area contributed by atoms with Crippen LogP contribution >= 0.6 is 0 Å². The van der Waals surface area contributed by atoms with Gasteiger partial charge in [-0.3, -0.25) is 14.8 Å². The lowest BCUT2D eigenvalue weighted by Gasteiger charge is -2.21. The first-order chi connectivity index (χ1) is 19.5. The number of aliphatic imine (C=N–C) groups is 1. The topological polar surface area (TPSA) is 91.9 Å². The number of anilines is 1. The Labute approximate surface area is 234 Å². The first-order valence-electron chi connectivity index (χ1n) is 13.8. The highest BCUT2D eigenvalue weighted by Gasteiger charge is 2.36. The van der Waals surface area contributed by atoms with Gasteiger partial charge in [0.05, 0.1) is 11.9 Å². The summed E-state index contributed by atoms with van der Waals surface area (Å²) >= 11 is 0. The predicted molar refractivity (Wildman–Crippen MR) is 160 cm³/mol. The number of carbonyl (C=O) groups is 1. The number of imidazole rings is 1.